The van der Waals surface area contributed by atoms with Crippen molar-refractivity contribution in [3.05, 3.63) is 34.4 Å². The van der Waals surface area contributed by atoms with Gasteiger partial charge in [0.15, 0.2) is 20.7 Å². The van der Waals surface area contributed by atoms with Gasteiger partial charge in [-0.3, -0.25) is 4.68 Å². The zero-order valence-electron chi connectivity index (χ0n) is 14.3. The van der Waals surface area contributed by atoms with Gasteiger partial charge < -0.3 is 4.90 Å². The Labute approximate surface area is 137 Å². The minimum Gasteiger partial charge on any atom is -0.324 e. The number of benzene rings is 1. The number of hydrogen-bond donors (Lipinski definition) is 0. The summed E-state index contributed by atoms with van der Waals surface area (Å²) in [5.74, 6) is 0.786. The number of anilines is 2. The van der Waals surface area contributed by atoms with Crippen LogP contribution in [-0.2, 0) is 23.3 Å². The second-order valence-corrected chi connectivity index (χ2v) is 8.44. The molecule has 0 fully saturated rings. The summed E-state index contributed by atoms with van der Waals surface area (Å²) in [5, 5.41) is 4.89. The molecule has 1 aliphatic rings. The van der Waals surface area contributed by atoms with Crippen LogP contribution in [0.25, 0.3) is 0 Å². The molecule has 0 saturated carbocycles. The average molecular weight is 333 g/mol. The summed E-state index contributed by atoms with van der Waals surface area (Å²) in [7, 11) is -1.58. The lowest BCUT2D eigenvalue weighted by molar-refractivity contribution is 0.580. The van der Waals surface area contributed by atoms with Crippen molar-refractivity contribution in [2.24, 2.45) is 7.05 Å². The van der Waals surface area contributed by atoms with Crippen molar-refractivity contribution in [3.63, 3.8) is 0 Å². The molecule has 0 radical (unpaired) electrons. The average Bonchev–Trinajstić information content (AvgIpc) is 2.74. The highest BCUT2D eigenvalue weighted by molar-refractivity contribution is 7.90. The summed E-state index contributed by atoms with van der Waals surface area (Å²) >= 11 is 0. The molecular formula is C17H23N3O2S. The SMILES string of the molecule is Cc1cc(C)c(N2CCCc3c2nn(C)c3S(C)(=O)=O)c(C)c1. The Morgan fingerprint density at radius 1 is 1.13 bits per heavy atom. The van der Waals surface area contributed by atoms with E-state index in [9.17, 15) is 8.42 Å². The molecule has 23 heavy (non-hydrogen) atoms. The lowest BCUT2D eigenvalue weighted by atomic mass is 10.0. The molecule has 0 unspecified atom stereocenters. The summed E-state index contributed by atoms with van der Waals surface area (Å²) in [4.78, 5) is 2.18. The Morgan fingerprint density at radius 2 is 1.74 bits per heavy atom. The summed E-state index contributed by atoms with van der Waals surface area (Å²) < 4.78 is 25.8. The Balaban J connectivity index is 2.22. The van der Waals surface area contributed by atoms with Crippen LogP contribution in [0, 0.1) is 20.8 Å². The minimum atomic E-state index is -3.29. The Hall–Kier alpha value is -1.82. The normalized spacial score (nSPS) is 14.9. The second-order valence-electron chi connectivity index (χ2n) is 6.51. The molecule has 6 heteroatoms. The molecule has 1 aromatic heterocycles. The van der Waals surface area contributed by atoms with E-state index in [1.54, 1.807) is 7.05 Å². The molecule has 3 rings (SSSR count). The topological polar surface area (TPSA) is 55.2 Å². The molecule has 0 amide bonds. The van der Waals surface area contributed by atoms with Gasteiger partial charge in [-0.25, -0.2) is 8.42 Å². The molecular weight excluding hydrogens is 310 g/mol. The van der Waals surface area contributed by atoms with Crippen molar-refractivity contribution in [3.8, 4) is 0 Å². The van der Waals surface area contributed by atoms with E-state index in [4.69, 9.17) is 0 Å². The lowest BCUT2D eigenvalue weighted by Gasteiger charge is -2.30. The van der Waals surface area contributed by atoms with Gasteiger partial charge in [0.25, 0.3) is 0 Å². The van der Waals surface area contributed by atoms with Crippen molar-refractivity contribution >= 4 is 21.3 Å². The van der Waals surface area contributed by atoms with Crippen molar-refractivity contribution < 1.29 is 8.42 Å². The van der Waals surface area contributed by atoms with Crippen LogP contribution in [0.3, 0.4) is 0 Å². The van der Waals surface area contributed by atoms with Crippen LogP contribution >= 0.6 is 0 Å². The standard InChI is InChI=1S/C17H23N3O2S/c1-11-9-12(2)15(13(3)10-11)20-8-6-7-14-16(20)18-19(4)17(14)23(5,21)22/h9-10H,6-8H2,1-5H3. The smallest absolute Gasteiger partial charge is 0.192 e. The molecule has 1 aliphatic heterocycles. The zero-order valence-corrected chi connectivity index (χ0v) is 15.2. The number of nitrogens with zero attached hydrogens (tertiary/aromatic N) is 3. The monoisotopic (exact) mass is 333 g/mol. The first-order chi connectivity index (χ1) is 10.7. The molecule has 0 spiro atoms. The molecule has 1 aromatic carbocycles. The fourth-order valence-corrected chi connectivity index (χ4v) is 4.94. The molecule has 2 heterocycles. The third-order valence-corrected chi connectivity index (χ3v) is 5.60. The highest BCUT2D eigenvalue weighted by atomic mass is 32.2. The number of sulfone groups is 1. The molecule has 0 bridgehead atoms. The van der Waals surface area contributed by atoms with Gasteiger partial charge >= 0.3 is 0 Å². The molecule has 2 aromatic rings. The van der Waals surface area contributed by atoms with E-state index >= 15 is 0 Å². The minimum absolute atomic E-state index is 0.347. The van der Waals surface area contributed by atoms with Crippen LogP contribution in [0.2, 0.25) is 0 Å². The predicted octanol–water partition coefficient (Wildman–Crippen LogP) is 2.83. The van der Waals surface area contributed by atoms with Gasteiger partial charge in [-0.2, -0.15) is 5.10 Å². The second kappa shape index (κ2) is 5.37. The first kappa shape index (κ1) is 16.1. The highest BCUT2D eigenvalue weighted by Gasteiger charge is 2.31. The summed E-state index contributed by atoms with van der Waals surface area (Å²) in [6.07, 6.45) is 2.94. The Morgan fingerprint density at radius 3 is 2.30 bits per heavy atom. The van der Waals surface area contributed by atoms with E-state index in [1.807, 2.05) is 0 Å². The highest BCUT2D eigenvalue weighted by Crippen LogP contribution is 2.39. The Kier molecular flexibility index (Phi) is 3.75. The maximum Gasteiger partial charge on any atom is 0.192 e. The molecule has 124 valence electrons. The largest absolute Gasteiger partial charge is 0.324 e. The summed E-state index contributed by atoms with van der Waals surface area (Å²) in [6.45, 7) is 7.15. The van der Waals surface area contributed by atoms with Crippen molar-refractivity contribution in [1.82, 2.24) is 9.78 Å². The van der Waals surface area contributed by atoms with Gasteiger partial charge in [-0.05, 0) is 44.7 Å². The van der Waals surface area contributed by atoms with Gasteiger partial charge in [-0.15, -0.1) is 0 Å². The van der Waals surface area contributed by atoms with E-state index in [1.165, 1.54) is 27.6 Å². The maximum absolute atomic E-state index is 12.1. The third kappa shape index (κ3) is 2.65. The van der Waals surface area contributed by atoms with Crippen LogP contribution < -0.4 is 4.90 Å². The van der Waals surface area contributed by atoms with Crippen LogP contribution in [0.5, 0.6) is 0 Å². The molecule has 0 N–H and O–H groups in total. The third-order valence-electron chi connectivity index (χ3n) is 4.39. The fraction of sp³-hybridized carbons (Fsp3) is 0.471. The van der Waals surface area contributed by atoms with Gasteiger partial charge in [0.1, 0.15) is 0 Å². The van der Waals surface area contributed by atoms with Crippen LogP contribution in [-0.4, -0.2) is 31.0 Å². The first-order valence-corrected chi connectivity index (χ1v) is 9.70. The number of hydrogen-bond acceptors (Lipinski definition) is 4. The quantitative estimate of drug-likeness (QED) is 0.848. The molecule has 0 atom stereocenters. The van der Waals surface area contributed by atoms with E-state index in [0.717, 1.165) is 36.5 Å². The number of aryl methyl sites for hydroxylation is 4. The Bertz CT molecular complexity index is 858. The van der Waals surface area contributed by atoms with E-state index in [0.29, 0.717) is 5.03 Å². The van der Waals surface area contributed by atoms with Gasteiger partial charge in [-0.1, -0.05) is 17.7 Å². The zero-order chi connectivity index (χ0) is 16.9. The van der Waals surface area contributed by atoms with Gasteiger partial charge in [0, 0.05) is 31.1 Å². The van der Waals surface area contributed by atoms with Gasteiger partial charge in [0.05, 0.1) is 0 Å². The number of fused-ring (bicyclic) bond motifs is 1. The van der Waals surface area contributed by atoms with Crippen LogP contribution in [0.4, 0.5) is 11.5 Å². The maximum atomic E-state index is 12.1. The van der Waals surface area contributed by atoms with E-state index in [-0.39, 0.29) is 0 Å². The van der Waals surface area contributed by atoms with Crippen LogP contribution in [0.1, 0.15) is 28.7 Å². The lowest BCUT2D eigenvalue weighted by Crippen LogP contribution is -2.26. The number of aromatic nitrogens is 2. The first-order valence-electron chi connectivity index (χ1n) is 7.81. The fourth-order valence-electron chi connectivity index (χ4n) is 3.77. The van der Waals surface area contributed by atoms with Crippen LogP contribution in [0.15, 0.2) is 17.2 Å². The summed E-state index contributed by atoms with van der Waals surface area (Å²) in [5.41, 5.74) is 5.62. The van der Waals surface area contributed by atoms with Gasteiger partial charge in [0.2, 0.25) is 0 Å². The predicted molar refractivity (Wildman–Crippen MR) is 92.3 cm³/mol. The molecule has 5 nitrogen and oxygen atoms in total. The number of rotatable bonds is 2. The van der Waals surface area contributed by atoms with Crippen molar-refractivity contribution in [1.29, 1.82) is 0 Å². The molecule has 0 saturated heterocycles. The van der Waals surface area contributed by atoms with E-state index in [2.05, 4.69) is 42.9 Å². The van der Waals surface area contributed by atoms with Crippen molar-refractivity contribution in [2.75, 3.05) is 17.7 Å². The van der Waals surface area contributed by atoms with Crippen molar-refractivity contribution in [2.45, 2.75) is 38.6 Å². The van der Waals surface area contributed by atoms with E-state index < -0.39 is 9.84 Å². The molecule has 0 aliphatic carbocycles. The summed E-state index contributed by atoms with van der Waals surface area (Å²) in [6, 6.07) is 4.33.